The van der Waals surface area contributed by atoms with Crippen LogP contribution in [-0.4, -0.2) is 65.3 Å². The van der Waals surface area contributed by atoms with Crippen LogP contribution in [0.5, 0.6) is 0 Å². The zero-order valence-corrected chi connectivity index (χ0v) is 20.5. The lowest BCUT2D eigenvalue weighted by atomic mass is 9.98. The fourth-order valence-electron chi connectivity index (χ4n) is 2.95. The maximum atomic E-state index is 12.8. The number of hydrogen-bond donors (Lipinski definition) is 7. The van der Waals surface area contributed by atoms with Crippen LogP contribution < -0.4 is 27.4 Å². The maximum Gasteiger partial charge on any atom is 0.326 e. The fourth-order valence-corrected chi connectivity index (χ4v) is 3.20. The molecule has 6 atom stereocenters. The van der Waals surface area contributed by atoms with Crippen molar-refractivity contribution in [3.63, 3.8) is 0 Å². The molecule has 0 fully saturated rings. The molecule has 0 aromatic carbocycles. The van der Waals surface area contributed by atoms with Gasteiger partial charge in [0.2, 0.25) is 17.7 Å². The summed E-state index contributed by atoms with van der Waals surface area (Å²) in [6.45, 7) is 7.74. The fraction of sp³-hybridized carbons (Fsp3) is 0.810. The van der Waals surface area contributed by atoms with Gasteiger partial charge in [-0.1, -0.05) is 40.5 Å². The SMILES string of the molecule is CCC(C)C(N)C(=O)NC(CS)C(=O)NC(CCCCN)C(=O)NC(C(=O)O)C(C)CC. The van der Waals surface area contributed by atoms with E-state index in [1.807, 2.05) is 20.8 Å². The zero-order chi connectivity index (χ0) is 24.8. The first kappa shape index (κ1) is 30.1. The van der Waals surface area contributed by atoms with E-state index in [1.54, 1.807) is 6.92 Å². The molecule has 0 rings (SSSR count). The van der Waals surface area contributed by atoms with E-state index in [0.717, 1.165) is 0 Å². The first-order chi connectivity index (χ1) is 15.0. The molecule has 186 valence electrons. The number of carbonyl (C=O) groups excluding carboxylic acids is 3. The average Bonchev–Trinajstić information content (AvgIpc) is 2.77. The summed E-state index contributed by atoms with van der Waals surface area (Å²) < 4.78 is 0. The number of carbonyl (C=O) groups is 4. The number of unbranched alkanes of at least 4 members (excludes halogenated alkanes) is 1. The van der Waals surface area contributed by atoms with Gasteiger partial charge in [-0.15, -0.1) is 0 Å². The summed E-state index contributed by atoms with van der Waals surface area (Å²) in [6, 6.07) is -3.81. The summed E-state index contributed by atoms with van der Waals surface area (Å²) in [5.74, 6) is -3.14. The van der Waals surface area contributed by atoms with Gasteiger partial charge in [-0.25, -0.2) is 4.79 Å². The van der Waals surface area contributed by atoms with E-state index in [0.29, 0.717) is 32.2 Å². The highest BCUT2D eigenvalue weighted by Gasteiger charge is 2.31. The predicted octanol–water partition coefficient (Wildman–Crippen LogP) is 0.00370. The van der Waals surface area contributed by atoms with E-state index in [1.165, 1.54) is 0 Å². The molecule has 0 spiro atoms. The molecule has 0 bridgehead atoms. The Morgan fingerprint density at radius 1 is 0.875 bits per heavy atom. The minimum Gasteiger partial charge on any atom is -0.480 e. The van der Waals surface area contributed by atoms with Crippen LogP contribution in [0.3, 0.4) is 0 Å². The number of nitrogens with one attached hydrogen (secondary N) is 3. The molecule has 10 nitrogen and oxygen atoms in total. The van der Waals surface area contributed by atoms with Gasteiger partial charge in [-0.2, -0.15) is 12.6 Å². The predicted molar refractivity (Wildman–Crippen MR) is 127 cm³/mol. The van der Waals surface area contributed by atoms with Crippen LogP contribution in [0.2, 0.25) is 0 Å². The molecular formula is C21H41N5O5S. The lowest BCUT2D eigenvalue weighted by Crippen LogP contribution is -2.58. The van der Waals surface area contributed by atoms with Crippen LogP contribution in [-0.2, 0) is 19.2 Å². The van der Waals surface area contributed by atoms with Crippen molar-refractivity contribution in [2.24, 2.45) is 23.3 Å². The van der Waals surface area contributed by atoms with Gasteiger partial charge in [0.25, 0.3) is 0 Å². The highest BCUT2D eigenvalue weighted by atomic mass is 32.1. The normalized spacial score (nSPS) is 16.7. The number of carboxylic acids is 1. The van der Waals surface area contributed by atoms with Crippen molar-refractivity contribution in [1.82, 2.24) is 16.0 Å². The van der Waals surface area contributed by atoms with E-state index >= 15 is 0 Å². The van der Waals surface area contributed by atoms with Crippen molar-refractivity contribution < 1.29 is 24.3 Å². The quantitative estimate of drug-likeness (QED) is 0.121. The summed E-state index contributed by atoms with van der Waals surface area (Å²) in [4.78, 5) is 49.6. The van der Waals surface area contributed by atoms with Crippen molar-refractivity contribution in [1.29, 1.82) is 0 Å². The maximum absolute atomic E-state index is 12.8. The summed E-state index contributed by atoms with van der Waals surface area (Å²) in [5, 5.41) is 17.2. The zero-order valence-electron chi connectivity index (χ0n) is 19.6. The molecule has 0 aromatic heterocycles. The van der Waals surface area contributed by atoms with Gasteiger partial charge in [0.15, 0.2) is 0 Å². The molecular weight excluding hydrogens is 434 g/mol. The van der Waals surface area contributed by atoms with Crippen LogP contribution in [0.4, 0.5) is 0 Å². The van der Waals surface area contributed by atoms with E-state index in [4.69, 9.17) is 11.5 Å². The standard InChI is InChI=1S/C21H41N5O5S/c1-5-12(3)16(23)20(29)25-15(11-32)19(28)24-14(9-7-8-10-22)18(27)26-17(21(30)31)13(4)6-2/h12-17,32H,5-11,22-23H2,1-4H3,(H,24,28)(H,25,29)(H,26,27)(H,30,31). The average molecular weight is 476 g/mol. The monoisotopic (exact) mass is 475 g/mol. The summed E-state index contributed by atoms with van der Waals surface area (Å²) in [7, 11) is 0. The first-order valence-electron chi connectivity index (χ1n) is 11.2. The summed E-state index contributed by atoms with van der Waals surface area (Å²) in [5.41, 5.74) is 11.5. The second-order valence-electron chi connectivity index (χ2n) is 8.21. The third kappa shape index (κ3) is 10.2. The number of carboxylic acid groups (broad SMARTS) is 1. The van der Waals surface area contributed by atoms with Crippen LogP contribution >= 0.6 is 12.6 Å². The number of nitrogens with two attached hydrogens (primary N) is 2. The third-order valence-electron chi connectivity index (χ3n) is 5.73. The number of aliphatic carboxylic acids is 1. The molecule has 0 radical (unpaired) electrons. The van der Waals surface area contributed by atoms with Gasteiger partial charge in [0.05, 0.1) is 6.04 Å². The van der Waals surface area contributed by atoms with Crippen LogP contribution in [0.25, 0.3) is 0 Å². The van der Waals surface area contributed by atoms with Crippen molar-refractivity contribution in [2.75, 3.05) is 12.3 Å². The number of amides is 3. The van der Waals surface area contributed by atoms with Crippen molar-refractivity contribution in [3.05, 3.63) is 0 Å². The van der Waals surface area contributed by atoms with E-state index in [2.05, 4.69) is 28.6 Å². The highest BCUT2D eigenvalue weighted by molar-refractivity contribution is 7.80. The minimum absolute atomic E-state index is 0.00651. The Bertz CT molecular complexity index is 621. The lowest BCUT2D eigenvalue weighted by Gasteiger charge is -2.26. The summed E-state index contributed by atoms with van der Waals surface area (Å²) in [6.07, 6.45) is 2.75. The van der Waals surface area contributed by atoms with E-state index in [-0.39, 0.29) is 24.0 Å². The topological polar surface area (TPSA) is 177 Å². The molecule has 0 saturated carbocycles. The Kier molecular flexibility index (Phi) is 15.0. The van der Waals surface area contributed by atoms with E-state index in [9.17, 15) is 24.3 Å². The van der Waals surface area contributed by atoms with Crippen LogP contribution in [0, 0.1) is 11.8 Å². The Hall–Kier alpha value is -1.85. The lowest BCUT2D eigenvalue weighted by molar-refractivity contribution is -0.143. The molecule has 6 unspecified atom stereocenters. The van der Waals surface area contributed by atoms with Crippen molar-refractivity contribution in [3.8, 4) is 0 Å². The summed E-state index contributed by atoms with van der Waals surface area (Å²) >= 11 is 4.14. The molecule has 8 N–H and O–H groups in total. The van der Waals surface area contributed by atoms with Gasteiger partial charge in [-0.05, 0) is 37.6 Å². The molecule has 0 heterocycles. The van der Waals surface area contributed by atoms with Gasteiger partial charge >= 0.3 is 5.97 Å². The van der Waals surface area contributed by atoms with E-state index < -0.39 is 47.9 Å². The molecule has 0 aliphatic rings. The third-order valence-corrected chi connectivity index (χ3v) is 6.10. The van der Waals surface area contributed by atoms with Gasteiger partial charge < -0.3 is 32.5 Å². The van der Waals surface area contributed by atoms with Crippen LogP contribution in [0.1, 0.15) is 59.8 Å². The molecule has 3 amide bonds. The highest BCUT2D eigenvalue weighted by Crippen LogP contribution is 2.10. The number of rotatable bonds is 16. The smallest absolute Gasteiger partial charge is 0.326 e. The van der Waals surface area contributed by atoms with Gasteiger partial charge in [0.1, 0.15) is 18.1 Å². The number of hydrogen-bond acceptors (Lipinski definition) is 7. The molecule has 32 heavy (non-hydrogen) atoms. The molecule has 0 aliphatic carbocycles. The Balaban J connectivity index is 5.35. The molecule has 11 heteroatoms. The Morgan fingerprint density at radius 2 is 1.41 bits per heavy atom. The minimum atomic E-state index is -1.14. The second kappa shape index (κ2) is 15.9. The molecule has 0 aromatic rings. The Labute approximate surface area is 196 Å². The number of thiol groups is 1. The first-order valence-corrected chi connectivity index (χ1v) is 11.9. The molecule has 0 saturated heterocycles. The largest absolute Gasteiger partial charge is 0.480 e. The second-order valence-corrected chi connectivity index (χ2v) is 8.58. The Morgan fingerprint density at radius 3 is 1.88 bits per heavy atom. The van der Waals surface area contributed by atoms with Crippen molar-refractivity contribution in [2.45, 2.75) is 84.0 Å². The van der Waals surface area contributed by atoms with Gasteiger partial charge in [-0.3, -0.25) is 14.4 Å². The van der Waals surface area contributed by atoms with Gasteiger partial charge in [0, 0.05) is 5.75 Å². The molecule has 0 aliphatic heterocycles. The van der Waals surface area contributed by atoms with Crippen LogP contribution in [0.15, 0.2) is 0 Å². The van der Waals surface area contributed by atoms with Crippen molar-refractivity contribution >= 4 is 36.3 Å².